The molecule has 0 radical (unpaired) electrons. The Morgan fingerprint density at radius 1 is 1.31 bits per heavy atom. The molecule has 0 saturated heterocycles. The number of nitroso groups, excluding NO2 is 1. The van der Waals surface area contributed by atoms with Crippen LogP contribution >= 0.6 is 0 Å². The van der Waals surface area contributed by atoms with Gasteiger partial charge in [0.15, 0.2) is 0 Å². The highest BCUT2D eigenvalue weighted by molar-refractivity contribution is 5.61. The molecule has 0 aliphatic rings. The minimum Gasteiger partial charge on any atom is -0.385 e. The van der Waals surface area contributed by atoms with E-state index in [4.69, 9.17) is 0 Å². The van der Waals surface area contributed by atoms with Crippen LogP contribution in [0, 0.1) is 18.8 Å². The van der Waals surface area contributed by atoms with E-state index in [0.29, 0.717) is 5.69 Å². The monoisotopic (exact) mass is 178 g/mol. The lowest BCUT2D eigenvalue weighted by molar-refractivity contribution is 1.20. The first-order chi connectivity index (χ1) is 6.19. The Balaban J connectivity index is 3.12. The molecular formula is C10H14N2O. The van der Waals surface area contributed by atoms with Gasteiger partial charge in [-0.1, -0.05) is 0 Å². The molecule has 0 fully saturated rings. The SMILES string of the molecule is CCNc1cc(C)c(N=O)c(C)c1. The van der Waals surface area contributed by atoms with Crippen molar-refractivity contribution >= 4 is 11.4 Å². The van der Waals surface area contributed by atoms with Gasteiger partial charge in [0.05, 0.1) is 0 Å². The maximum atomic E-state index is 10.4. The van der Waals surface area contributed by atoms with Gasteiger partial charge in [-0.2, -0.15) is 0 Å². The van der Waals surface area contributed by atoms with Crippen LogP contribution in [0.15, 0.2) is 17.3 Å². The molecular weight excluding hydrogens is 164 g/mol. The van der Waals surface area contributed by atoms with Crippen molar-refractivity contribution < 1.29 is 0 Å². The van der Waals surface area contributed by atoms with Gasteiger partial charge in [-0.3, -0.25) is 0 Å². The first-order valence-electron chi connectivity index (χ1n) is 4.37. The summed E-state index contributed by atoms with van der Waals surface area (Å²) >= 11 is 0. The van der Waals surface area contributed by atoms with Gasteiger partial charge in [0.2, 0.25) is 0 Å². The molecule has 0 amide bonds. The second-order valence-electron chi connectivity index (χ2n) is 3.08. The molecule has 0 atom stereocenters. The zero-order chi connectivity index (χ0) is 9.84. The van der Waals surface area contributed by atoms with Crippen LogP contribution < -0.4 is 5.32 Å². The molecule has 13 heavy (non-hydrogen) atoms. The number of nitrogens with zero attached hydrogens (tertiary/aromatic N) is 1. The third-order valence-electron chi connectivity index (χ3n) is 1.96. The van der Waals surface area contributed by atoms with Gasteiger partial charge < -0.3 is 5.32 Å². The number of benzene rings is 1. The lowest BCUT2D eigenvalue weighted by atomic mass is 10.1. The summed E-state index contributed by atoms with van der Waals surface area (Å²) < 4.78 is 0. The van der Waals surface area contributed by atoms with Crippen LogP contribution in [0.3, 0.4) is 0 Å². The third kappa shape index (κ3) is 2.05. The Bertz CT molecular complexity index is 298. The number of rotatable bonds is 3. The largest absolute Gasteiger partial charge is 0.385 e. The molecule has 0 spiro atoms. The molecule has 0 unspecified atom stereocenters. The summed E-state index contributed by atoms with van der Waals surface area (Å²) in [5, 5.41) is 6.19. The Morgan fingerprint density at radius 3 is 2.23 bits per heavy atom. The first kappa shape index (κ1) is 9.71. The van der Waals surface area contributed by atoms with Crippen LogP contribution in [-0.2, 0) is 0 Å². The van der Waals surface area contributed by atoms with Crippen molar-refractivity contribution in [1.29, 1.82) is 0 Å². The van der Waals surface area contributed by atoms with Crippen molar-refractivity contribution in [2.75, 3.05) is 11.9 Å². The predicted octanol–water partition coefficient (Wildman–Crippen LogP) is 3.13. The molecule has 0 aliphatic heterocycles. The van der Waals surface area contributed by atoms with Crippen molar-refractivity contribution in [2.45, 2.75) is 20.8 Å². The van der Waals surface area contributed by atoms with Crippen LogP contribution in [0.4, 0.5) is 11.4 Å². The molecule has 0 saturated carbocycles. The topological polar surface area (TPSA) is 41.5 Å². The molecule has 3 heteroatoms. The van der Waals surface area contributed by atoms with Crippen LogP contribution in [0.25, 0.3) is 0 Å². The Kier molecular flexibility index (Phi) is 3.01. The summed E-state index contributed by atoms with van der Waals surface area (Å²) in [6, 6.07) is 3.88. The minimum absolute atomic E-state index is 0.557. The highest BCUT2D eigenvalue weighted by atomic mass is 16.3. The Labute approximate surface area is 78.1 Å². The number of nitrogens with one attached hydrogen (secondary N) is 1. The molecule has 3 nitrogen and oxygen atoms in total. The summed E-state index contributed by atoms with van der Waals surface area (Å²) in [6.07, 6.45) is 0. The third-order valence-corrected chi connectivity index (χ3v) is 1.96. The van der Waals surface area contributed by atoms with E-state index in [9.17, 15) is 4.91 Å². The molecule has 1 aromatic rings. The highest BCUT2D eigenvalue weighted by Gasteiger charge is 2.04. The number of aryl methyl sites for hydroxylation is 2. The number of hydrogen-bond acceptors (Lipinski definition) is 3. The average molecular weight is 178 g/mol. The fourth-order valence-corrected chi connectivity index (χ4v) is 1.41. The summed E-state index contributed by atoms with van der Waals surface area (Å²) in [5.74, 6) is 0. The summed E-state index contributed by atoms with van der Waals surface area (Å²) in [6.45, 7) is 6.71. The fraction of sp³-hybridized carbons (Fsp3) is 0.400. The second kappa shape index (κ2) is 4.03. The van der Waals surface area contributed by atoms with Crippen molar-refractivity contribution in [1.82, 2.24) is 0 Å². The number of anilines is 1. The van der Waals surface area contributed by atoms with E-state index >= 15 is 0 Å². The smallest absolute Gasteiger partial charge is 0.113 e. The van der Waals surface area contributed by atoms with Crippen LogP contribution in [-0.4, -0.2) is 6.54 Å². The summed E-state index contributed by atoms with van der Waals surface area (Å²) in [4.78, 5) is 10.4. The minimum atomic E-state index is 0.557. The highest BCUT2D eigenvalue weighted by Crippen LogP contribution is 2.26. The zero-order valence-corrected chi connectivity index (χ0v) is 8.22. The quantitative estimate of drug-likeness (QED) is 0.722. The van der Waals surface area contributed by atoms with E-state index in [1.807, 2.05) is 32.9 Å². The van der Waals surface area contributed by atoms with Crippen molar-refractivity contribution in [2.24, 2.45) is 5.18 Å². The van der Waals surface area contributed by atoms with E-state index in [2.05, 4.69) is 10.5 Å². The van der Waals surface area contributed by atoms with Crippen molar-refractivity contribution in [3.63, 3.8) is 0 Å². The summed E-state index contributed by atoms with van der Waals surface area (Å²) in [5.41, 5.74) is 3.45. The van der Waals surface area contributed by atoms with Crippen LogP contribution in [0.1, 0.15) is 18.1 Å². The van der Waals surface area contributed by atoms with E-state index in [1.165, 1.54) is 0 Å². The van der Waals surface area contributed by atoms with E-state index in [-0.39, 0.29) is 0 Å². The summed E-state index contributed by atoms with van der Waals surface area (Å²) in [7, 11) is 0. The molecule has 1 rings (SSSR count). The molecule has 0 aliphatic carbocycles. The van der Waals surface area contributed by atoms with Gasteiger partial charge in [-0.05, 0) is 49.2 Å². The molecule has 0 heterocycles. The van der Waals surface area contributed by atoms with Gasteiger partial charge >= 0.3 is 0 Å². The average Bonchev–Trinajstić information content (AvgIpc) is 2.04. The molecule has 0 aromatic heterocycles. The zero-order valence-electron chi connectivity index (χ0n) is 8.22. The lowest BCUT2D eigenvalue weighted by Crippen LogP contribution is -1.97. The maximum Gasteiger partial charge on any atom is 0.113 e. The normalized spacial score (nSPS) is 9.77. The predicted molar refractivity (Wildman–Crippen MR) is 55.5 cm³/mol. The van der Waals surface area contributed by atoms with Gasteiger partial charge in [0.25, 0.3) is 0 Å². The maximum absolute atomic E-state index is 10.4. The van der Waals surface area contributed by atoms with Gasteiger partial charge in [0, 0.05) is 12.2 Å². The Morgan fingerprint density at radius 2 is 1.85 bits per heavy atom. The molecule has 0 bridgehead atoms. The van der Waals surface area contributed by atoms with E-state index in [0.717, 1.165) is 23.4 Å². The van der Waals surface area contributed by atoms with Crippen LogP contribution in [0.5, 0.6) is 0 Å². The second-order valence-corrected chi connectivity index (χ2v) is 3.08. The van der Waals surface area contributed by atoms with Gasteiger partial charge in [0.1, 0.15) is 5.69 Å². The Hall–Kier alpha value is -1.38. The fourth-order valence-electron chi connectivity index (χ4n) is 1.41. The molecule has 1 N–H and O–H groups in total. The van der Waals surface area contributed by atoms with Gasteiger partial charge in [-0.15, -0.1) is 4.91 Å². The van der Waals surface area contributed by atoms with Crippen molar-refractivity contribution in [3.05, 3.63) is 28.2 Å². The van der Waals surface area contributed by atoms with Crippen molar-refractivity contribution in [3.8, 4) is 0 Å². The lowest BCUT2D eigenvalue weighted by Gasteiger charge is -2.07. The molecule has 70 valence electrons. The molecule has 1 aromatic carbocycles. The van der Waals surface area contributed by atoms with E-state index in [1.54, 1.807) is 0 Å². The van der Waals surface area contributed by atoms with Crippen LogP contribution in [0.2, 0.25) is 0 Å². The standard InChI is InChI=1S/C10H14N2O/c1-4-11-9-5-7(2)10(12-13)8(3)6-9/h5-6,11H,4H2,1-3H3. The van der Waals surface area contributed by atoms with E-state index < -0.39 is 0 Å². The first-order valence-corrected chi connectivity index (χ1v) is 4.37. The number of hydrogen-bond donors (Lipinski definition) is 1. The van der Waals surface area contributed by atoms with Gasteiger partial charge in [-0.25, -0.2) is 0 Å².